The van der Waals surface area contributed by atoms with Crippen LogP contribution < -0.4 is 0 Å². The van der Waals surface area contributed by atoms with Crippen molar-refractivity contribution in [1.29, 1.82) is 0 Å². The zero-order valence-corrected chi connectivity index (χ0v) is 16.8. The van der Waals surface area contributed by atoms with Crippen molar-refractivity contribution in [2.24, 2.45) is 0 Å². The highest BCUT2D eigenvalue weighted by molar-refractivity contribution is 7.15. The summed E-state index contributed by atoms with van der Waals surface area (Å²) in [6.45, 7) is 2.21. The fourth-order valence-corrected chi connectivity index (χ4v) is 5.23. The third kappa shape index (κ3) is 3.47. The van der Waals surface area contributed by atoms with Gasteiger partial charge in [0.2, 0.25) is 0 Å². The number of benzene rings is 1. The Balaban J connectivity index is 1.61. The average Bonchev–Trinajstić information content (AvgIpc) is 3.48. The molecule has 144 valence electrons. The Morgan fingerprint density at radius 3 is 2.46 bits per heavy atom. The minimum atomic E-state index is -0.225. The molecule has 3 heterocycles. The average molecular weight is 395 g/mol. The lowest BCUT2D eigenvalue weighted by Crippen LogP contribution is -2.29. The van der Waals surface area contributed by atoms with Gasteiger partial charge in [-0.15, -0.1) is 11.3 Å². The minimum Gasteiger partial charge on any atom is -0.306 e. The van der Waals surface area contributed by atoms with E-state index < -0.39 is 0 Å². The normalized spacial score (nSPS) is 18.5. The summed E-state index contributed by atoms with van der Waals surface area (Å²) in [6.07, 6.45) is 8.25. The molecule has 0 unspecified atom stereocenters. The van der Waals surface area contributed by atoms with Crippen LogP contribution in [0.15, 0.2) is 36.8 Å². The van der Waals surface area contributed by atoms with Crippen LogP contribution >= 0.6 is 11.3 Å². The highest BCUT2D eigenvalue weighted by Gasteiger charge is 2.30. The van der Waals surface area contributed by atoms with Gasteiger partial charge in [-0.3, -0.25) is 0 Å². The number of thiazole rings is 1. The minimum absolute atomic E-state index is 0.225. The molecule has 28 heavy (non-hydrogen) atoms. The first-order valence-corrected chi connectivity index (χ1v) is 10.8. The molecule has 2 aliphatic rings. The van der Waals surface area contributed by atoms with Crippen LogP contribution in [0, 0.1) is 5.82 Å². The molecular formula is C22H23FN4S. The van der Waals surface area contributed by atoms with Crippen molar-refractivity contribution in [3.05, 3.63) is 53.2 Å². The monoisotopic (exact) mass is 394 g/mol. The smallest absolute Gasteiger partial charge is 0.123 e. The Morgan fingerprint density at radius 2 is 1.75 bits per heavy atom. The molecule has 0 radical (unpaired) electrons. The summed E-state index contributed by atoms with van der Waals surface area (Å²) in [5.41, 5.74) is 4.12. The van der Waals surface area contributed by atoms with Gasteiger partial charge in [0, 0.05) is 23.2 Å². The van der Waals surface area contributed by atoms with Gasteiger partial charge in [-0.2, -0.15) is 0 Å². The molecule has 0 atom stereocenters. The number of rotatable bonds is 4. The second kappa shape index (κ2) is 7.33. The first kappa shape index (κ1) is 17.9. The van der Waals surface area contributed by atoms with Gasteiger partial charge < -0.3 is 4.90 Å². The Kier molecular flexibility index (Phi) is 4.69. The van der Waals surface area contributed by atoms with E-state index in [0.717, 1.165) is 47.8 Å². The standard InChI is InChI=1S/C22H23FN4S/c1-27-10-8-16(9-11-27)22-26-19(15-4-6-17(23)7-5-15)21(28-22)20-18(14-2-3-14)12-24-13-25-20/h4-7,12-14,16H,2-3,8-11H2,1H3. The summed E-state index contributed by atoms with van der Waals surface area (Å²) in [7, 11) is 2.18. The fourth-order valence-electron chi connectivity index (χ4n) is 3.95. The highest BCUT2D eigenvalue weighted by atomic mass is 32.1. The zero-order valence-electron chi connectivity index (χ0n) is 15.9. The number of hydrogen-bond donors (Lipinski definition) is 0. The number of piperidine rings is 1. The Bertz CT molecular complexity index is 972. The van der Waals surface area contributed by atoms with Gasteiger partial charge in [0.1, 0.15) is 12.1 Å². The van der Waals surface area contributed by atoms with Crippen molar-refractivity contribution in [2.45, 2.75) is 37.5 Å². The molecule has 1 aliphatic carbocycles. The van der Waals surface area contributed by atoms with Crippen molar-refractivity contribution in [3.63, 3.8) is 0 Å². The molecule has 0 bridgehead atoms. The maximum absolute atomic E-state index is 13.5. The van der Waals surface area contributed by atoms with E-state index in [9.17, 15) is 4.39 Å². The van der Waals surface area contributed by atoms with Gasteiger partial charge in [-0.1, -0.05) is 0 Å². The van der Waals surface area contributed by atoms with E-state index in [2.05, 4.69) is 21.9 Å². The van der Waals surface area contributed by atoms with E-state index in [0.29, 0.717) is 11.8 Å². The maximum Gasteiger partial charge on any atom is 0.123 e. The second-order valence-corrected chi connectivity index (χ2v) is 8.95. The third-order valence-corrected chi connectivity index (χ3v) is 7.03. The Morgan fingerprint density at radius 1 is 1.00 bits per heavy atom. The van der Waals surface area contributed by atoms with Crippen LogP contribution in [0.3, 0.4) is 0 Å². The number of aromatic nitrogens is 3. The summed E-state index contributed by atoms with van der Waals surface area (Å²) < 4.78 is 13.5. The van der Waals surface area contributed by atoms with E-state index in [1.165, 1.54) is 35.5 Å². The van der Waals surface area contributed by atoms with E-state index in [1.807, 2.05) is 18.3 Å². The topological polar surface area (TPSA) is 41.9 Å². The molecule has 1 aromatic carbocycles. The van der Waals surface area contributed by atoms with Crippen molar-refractivity contribution in [3.8, 4) is 21.8 Å². The predicted octanol–water partition coefficient (Wildman–Crippen LogP) is 5.09. The summed E-state index contributed by atoms with van der Waals surface area (Å²) in [6, 6.07) is 6.67. The summed E-state index contributed by atoms with van der Waals surface area (Å²) >= 11 is 1.77. The Hall–Kier alpha value is -2.18. The quantitative estimate of drug-likeness (QED) is 0.618. The number of halogens is 1. The van der Waals surface area contributed by atoms with Crippen LogP contribution in [-0.4, -0.2) is 40.0 Å². The maximum atomic E-state index is 13.5. The van der Waals surface area contributed by atoms with Crippen LogP contribution in [0.4, 0.5) is 4.39 Å². The lowest BCUT2D eigenvalue weighted by molar-refractivity contribution is 0.255. The second-order valence-electron chi connectivity index (χ2n) is 7.92. The van der Waals surface area contributed by atoms with Crippen molar-refractivity contribution in [1.82, 2.24) is 19.9 Å². The SMILES string of the molecule is CN1CCC(c2nc(-c3ccc(F)cc3)c(-c3ncncc3C3CC3)s2)CC1. The zero-order chi connectivity index (χ0) is 19.1. The Labute approximate surface area is 168 Å². The fraction of sp³-hybridized carbons (Fsp3) is 0.409. The molecule has 0 amide bonds. The third-order valence-electron chi connectivity index (χ3n) is 5.80. The molecule has 1 aliphatic heterocycles. The van der Waals surface area contributed by atoms with Crippen molar-refractivity contribution in [2.75, 3.05) is 20.1 Å². The number of likely N-dealkylation sites (tertiary alicyclic amines) is 1. The lowest BCUT2D eigenvalue weighted by atomic mass is 9.98. The van der Waals surface area contributed by atoms with Gasteiger partial charge in [-0.05, 0) is 76.0 Å². The number of nitrogens with zero attached hydrogens (tertiary/aromatic N) is 4. The molecule has 1 saturated heterocycles. The largest absolute Gasteiger partial charge is 0.306 e. The van der Waals surface area contributed by atoms with Gasteiger partial charge in [0.05, 0.1) is 21.3 Å². The molecule has 6 heteroatoms. The molecule has 4 nitrogen and oxygen atoms in total. The molecule has 0 spiro atoms. The summed E-state index contributed by atoms with van der Waals surface area (Å²) in [5, 5.41) is 1.18. The van der Waals surface area contributed by atoms with Gasteiger partial charge in [0.25, 0.3) is 0 Å². The summed E-state index contributed by atoms with van der Waals surface area (Å²) in [4.78, 5) is 17.5. The first-order valence-electron chi connectivity index (χ1n) is 9.94. The van der Waals surface area contributed by atoms with Crippen LogP contribution in [0.2, 0.25) is 0 Å². The van der Waals surface area contributed by atoms with Crippen molar-refractivity contribution >= 4 is 11.3 Å². The van der Waals surface area contributed by atoms with E-state index in [4.69, 9.17) is 4.98 Å². The molecule has 1 saturated carbocycles. The van der Waals surface area contributed by atoms with E-state index in [-0.39, 0.29) is 5.82 Å². The van der Waals surface area contributed by atoms with Gasteiger partial charge in [0.15, 0.2) is 0 Å². The van der Waals surface area contributed by atoms with E-state index in [1.54, 1.807) is 17.7 Å². The highest BCUT2D eigenvalue weighted by Crippen LogP contribution is 2.47. The first-order chi connectivity index (χ1) is 13.7. The van der Waals surface area contributed by atoms with Gasteiger partial charge >= 0.3 is 0 Å². The van der Waals surface area contributed by atoms with Crippen LogP contribution in [0.1, 0.15) is 48.1 Å². The summed E-state index contributed by atoms with van der Waals surface area (Å²) in [5.74, 6) is 0.822. The lowest BCUT2D eigenvalue weighted by Gasteiger charge is -2.27. The molecule has 5 rings (SSSR count). The molecule has 0 N–H and O–H groups in total. The molecule has 3 aromatic rings. The molecule has 2 aromatic heterocycles. The molecule has 2 fully saturated rings. The number of hydrogen-bond acceptors (Lipinski definition) is 5. The van der Waals surface area contributed by atoms with Crippen LogP contribution in [0.5, 0.6) is 0 Å². The van der Waals surface area contributed by atoms with Crippen LogP contribution in [0.25, 0.3) is 21.8 Å². The van der Waals surface area contributed by atoms with Crippen LogP contribution in [-0.2, 0) is 0 Å². The van der Waals surface area contributed by atoms with Crippen molar-refractivity contribution < 1.29 is 4.39 Å². The van der Waals surface area contributed by atoms with E-state index >= 15 is 0 Å². The predicted molar refractivity (Wildman–Crippen MR) is 110 cm³/mol. The van der Waals surface area contributed by atoms with Gasteiger partial charge in [-0.25, -0.2) is 19.3 Å². The molecular weight excluding hydrogens is 371 g/mol.